The molecule has 0 atom stereocenters. The maximum absolute atomic E-state index is 12.2. The van der Waals surface area contributed by atoms with Crippen molar-refractivity contribution >= 4 is 40.0 Å². The summed E-state index contributed by atoms with van der Waals surface area (Å²) in [5.74, 6) is 0.893. The van der Waals surface area contributed by atoms with Crippen LogP contribution in [0.2, 0.25) is 0 Å². The Morgan fingerprint density at radius 1 is 1.06 bits per heavy atom. The van der Waals surface area contributed by atoms with Gasteiger partial charge in [-0.2, -0.15) is 0 Å². The van der Waals surface area contributed by atoms with Crippen LogP contribution in [0.4, 0.5) is 5.69 Å². The molecule has 6 nitrogen and oxygen atoms in total. The average molecular weight is 446 g/mol. The molecule has 0 unspecified atom stereocenters. The molecule has 3 aromatic carbocycles. The number of ether oxygens (including phenoxy) is 1. The van der Waals surface area contributed by atoms with Crippen molar-refractivity contribution in [3.8, 4) is 17.2 Å². The summed E-state index contributed by atoms with van der Waals surface area (Å²) in [6.45, 7) is 5.86. The molecule has 0 aliphatic carbocycles. The van der Waals surface area contributed by atoms with E-state index >= 15 is 0 Å². The fourth-order valence-corrected chi connectivity index (χ4v) is 3.41. The van der Waals surface area contributed by atoms with E-state index in [2.05, 4.69) is 15.6 Å². The van der Waals surface area contributed by atoms with Gasteiger partial charge in [0.05, 0.1) is 0 Å². The summed E-state index contributed by atoms with van der Waals surface area (Å²) in [5.41, 5.74) is 6.25. The maximum Gasteiger partial charge on any atom is 0.264 e. The van der Waals surface area contributed by atoms with Gasteiger partial charge in [-0.3, -0.25) is 10.1 Å². The molecule has 32 heavy (non-hydrogen) atoms. The number of hydrogen-bond donors (Lipinski definition) is 2. The minimum atomic E-state index is -0.340. The van der Waals surface area contributed by atoms with Crippen LogP contribution in [0.5, 0.6) is 5.75 Å². The number of aromatic nitrogens is 1. The number of aryl methyl sites for hydroxylation is 2. The average Bonchev–Trinajstić information content (AvgIpc) is 3.18. The highest BCUT2D eigenvalue weighted by molar-refractivity contribution is 7.80. The molecule has 0 radical (unpaired) electrons. The third-order valence-corrected chi connectivity index (χ3v) is 5.31. The van der Waals surface area contributed by atoms with Gasteiger partial charge >= 0.3 is 0 Å². The highest BCUT2D eigenvalue weighted by Gasteiger charge is 2.11. The number of amides is 1. The molecule has 1 amide bonds. The Kier molecular flexibility index (Phi) is 6.18. The minimum Gasteiger partial charge on any atom is -0.483 e. The SMILES string of the molecule is Cc1ccc(-c2nc3cc(NC(=S)NC(=O)COc4cccc(C)c4C)ccc3o2)cc1. The Hall–Kier alpha value is -3.71. The summed E-state index contributed by atoms with van der Waals surface area (Å²) < 4.78 is 11.5. The second-order valence-electron chi connectivity index (χ2n) is 7.56. The Morgan fingerprint density at radius 3 is 2.62 bits per heavy atom. The molecular formula is C25H23N3O3S. The van der Waals surface area contributed by atoms with Gasteiger partial charge < -0.3 is 14.5 Å². The lowest BCUT2D eigenvalue weighted by molar-refractivity contribution is -0.121. The van der Waals surface area contributed by atoms with Crippen molar-refractivity contribution in [1.29, 1.82) is 0 Å². The van der Waals surface area contributed by atoms with E-state index < -0.39 is 0 Å². The van der Waals surface area contributed by atoms with Gasteiger partial charge in [-0.05, 0) is 80.5 Å². The monoisotopic (exact) mass is 445 g/mol. The quantitative estimate of drug-likeness (QED) is 0.405. The van der Waals surface area contributed by atoms with Crippen LogP contribution >= 0.6 is 12.2 Å². The van der Waals surface area contributed by atoms with Crippen LogP contribution < -0.4 is 15.4 Å². The van der Waals surface area contributed by atoms with Crippen LogP contribution in [0.25, 0.3) is 22.6 Å². The van der Waals surface area contributed by atoms with E-state index in [9.17, 15) is 4.79 Å². The molecule has 4 aromatic rings. The minimum absolute atomic E-state index is 0.131. The van der Waals surface area contributed by atoms with Gasteiger partial charge in [0, 0.05) is 11.3 Å². The van der Waals surface area contributed by atoms with Crippen molar-refractivity contribution in [2.45, 2.75) is 20.8 Å². The fourth-order valence-electron chi connectivity index (χ4n) is 3.17. The summed E-state index contributed by atoms with van der Waals surface area (Å²) >= 11 is 5.26. The van der Waals surface area contributed by atoms with Crippen LogP contribution in [-0.4, -0.2) is 22.6 Å². The molecule has 0 aliphatic rings. The van der Waals surface area contributed by atoms with Crippen molar-refractivity contribution in [1.82, 2.24) is 10.3 Å². The van der Waals surface area contributed by atoms with Gasteiger partial charge in [0.2, 0.25) is 5.89 Å². The van der Waals surface area contributed by atoms with E-state index in [0.29, 0.717) is 28.4 Å². The largest absolute Gasteiger partial charge is 0.483 e. The lowest BCUT2D eigenvalue weighted by atomic mass is 10.1. The zero-order valence-electron chi connectivity index (χ0n) is 18.1. The van der Waals surface area contributed by atoms with Gasteiger partial charge in [-0.1, -0.05) is 29.8 Å². The molecule has 1 aromatic heterocycles. The third kappa shape index (κ3) is 4.95. The second kappa shape index (κ2) is 9.20. The predicted octanol–water partition coefficient (Wildman–Crippen LogP) is 5.31. The van der Waals surface area contributed by atoms with E-state index in [-0.39, 0.29) is 17.6 Å². The molecule has 4 rings (SSSR count). The number of hydrogen-bond acceptors (Lipinski definition) is 5. The highest BCUT2D eigenvalue weighted by Crippen LogP contribution is 2.26. The van der Waals surface area contributed by atoms with Crippen LogP contribution in [0.3, 0.4) is 0 Å². The Labute approximate surface area is 191 Å². The van der Waals surface area contributed by atoms with Crippen molar-refractivity contribution in [3.63, 3.8) is 0 Å². The fraction of sp³-hybridized carbons (Fsp3) is 0.160. The molecule has 0 saturated heterocycles. The predicted molar refractivity (Wildman–Crippen MR) is 130 cm³/mol. The number of rotatable bonds is 5. The number of benzene rings is 3. The van der Waals surface area contributed by atoms with Gasteiger partial charge in [0.1, 0.15) is 11.3 Å². The summed E-state index contributed by atoms with van der Waals surface area (Å²) in [4.78, 5) is 16.8. The van der Waals surface area contributed by atoms with Gasteiger partial charge in [0.25, 0.3) is 5.91 Å². The van der Waals surface area contributed by atoms with E-state index in [1.165, 1.54) is 5.56 Å². The zero-order valence-corrected chi connectivity index (χ0v) is 18.9. The first-order valence-corrected chi connectivity index (χ1v) is 10.6. The first-order chi connectivity index (χ1) is 15.4. The third-order valence-electron chi connectivity index (χ3n) is 5.11. The van der Waals surface area contributed by atoms with Gasteiger partial charge in [-0.25, -0.2) is 4.98 Å². The van der Waals surface area contributed by atoms with Gasteiger partial charge in [0.15, 0.2) is 17.3 Å². The number of oxazole rings is 1. The molecule has 0 spiro atoms. The van der Waals surface area contributed by atoms with E-state index in [1.54, 1.807) is 0 Å². The smallest absolute Gasteiger partial charge is 0.264 e. The first kappa shape index (κ1) is 21.5. The molecule has 2 N–H and O–H groups in total. The van der Waals surface area contributed by atoms with Crippen LogP contribution in [-0.2, 0) is 4.79 Å². The van der Waals surface area contributed by atoms with Crippen molar-refractivity contribution in [3.05, 3.63) is 77.4 Å². The zero-order chi connectivity index (χ0) is 22.7. The summed E-state index contributed by atoms with van der Waals surface area (Å²) in [6.07, 6.45) is 0. The molecule has 7 heteroatoms. The second-order valence-corrected chi connectivity index (χ2v) is 7.96. The number of thiocarbonyl (C=S) groups is 1. The molecule has 0 aliphatic heterocycles. The summed E-state index contributed by atoms with van der Waals surface area (Å²) in [5, 5.41) is 5.81. The number of carbonyl (C=O) groups excluding carboxylic acids is 1. The number of carbonyl (C=O) groups is 1. The van der Waals surface area contributed by atoms with Crippen LogP contribution in [0, 0.1) is 20.8 Å². The number of fused-ring (bicyclic) bond motifs is 1. The van der Waals surface area contributed by atoms with Crippen molar-refractivity contribution in [2.75, 3.05) is 11.9 Å². The molecule has 0 fully saturated rings. The summed E-state index contributed by atoms with van der Waals surface area (Å²) in [7, 11) is 0. The number of nitrogens with zero attached hydrogens (tertiary/aromatic N) is 1. The van der Waals surface area contributed by atoms with Crippen LogP contribution in [0.15, 0.2) is 65.1 Å². The molecular weight excluding hydrogens is 422 g/mol. The Morgan fingerprint density at radius 2 is 1.84 bits per heavy atom. The summed E-state index contributed by atoms with van der Waals surface area (Å²) in [6, 6.07) is 19.2. The molecule has 162 valence electrons. The standard InChI is InChI=1S/C25H23N3O3S/c1-15-7-9-18(10-8-15)24-27-20-13-19(11-12-22(20)31-24)26-25(32)28-23(29)14-30-21-6-4-5-16(2)17(21)3/h4-13H,14H2,1-3H3,(H2,26,28,29,32). The van der Waals surface area contributed by atoms with Gasteiger partial charge in [-0.15, -0.1) is 0 Å². The first-order valence-electron chi connectivity index (χ1n) is 10.2. The highest BCUT2D eigenvalue weighted by atomic mass is 32.1. The van der Waals surface area contributed by atoms with E-state index in [4.69, 9.17) is 21.4 Å². The van der Waals surface area contributed by atoms with Crippen molar-refractivity contribution < 1.29 is 13.9 Å². The normalized spacial score (nSPS) is 10.7. The topological polar surface area (TPSA) is 76.4 Å². The molecule has 1 heterocycles. The molecule has 0 saturated carbocycles. The number of nitrogens with one attached hydrogen (secondary N) is 2. The van der Waals surface area contributed by atoms with E-state index in [1.807, 2.05) is 81.4 Å². The maximum atomic E-state index is 12.2. The Balaban J connectivity index is 1.37. The number of anilines is 1. The van der Waals surface area contributed by atoms with Crippen molar-refractivity contribution in [2.24, 2.45) is 0 Å². The lowest BCUT2D eigenvalue weighted by Gasteiger charge is -2.12. The lowest BCUT2D eigenvalue weighted by Crippen LogP contribution is -2.37. The van der Waals surface area contributed by atoms with Crippen LogP contribution in [0.1, 0.15) is 16.7 Å². The Bertz CT molecular complexity index is 1300. The van der Waals surface area contributed by atoms with E-state index in [0.717, 1.165) is 16.7 Å². The molecule has 0 bridgehead atoms.